The number of nitrogens with one attached hydrogen (secondary N) is 3. The minimum atomic E-state index is -0.954. The van der Waals surface area contributed by atoms with Crippen LogP contribution in [0.4, 0.5) is 9.18 Å². The molecular weight excluding hydrogens is 441 g/mol. The summed E-state index contributed by atoms with van der Waals surface area (Å²) in [7, 11) is 0. The van der Waals surface area contributed by atoms with Crippen molar-refractivity contribution in [2.75, 3.05) is 6.54 Å². The molecule has 0 aliphatic heterocycles. The molecule has 1 aliphatic rings. The van der Waals surface area contributed by atoms with Crippen molar-refractivity contribution in [3.8, 4) is 0 Å². The first-order valence-electron chi connectivity index (χ1n) is 11.7. The number of carbonyl (C=O) groups is 4. The van der Waals surface area contributed by atoms with Crippen LogP contribution in [-0.4, -0.2) is 47.4 Å². The molecule has 0 unspecified atom stereocenters. The normalized spacial score (nSPS) is 15.1. The lowest BCUT2D eigenvalue weighted by Crippen LogP contribution is -2.46. The zero-order valence-corrected chi connectivity index (χ0v) is 20.5. The molecule has 188 valence electrons. The van der Waals surface area contributed by atoms with Crippen molar-refractivity contribution >= 4 is 23.7 Å². The molecule has 0 radical (unpaired) electrons. The van der Waals surface area contributed by atoms with Gasteiger partial charge in [-0.2, -0.15) is 0 Å². The van der Waals surface area contributed by atoms with Gasteiger partial charge >= 0.3 is 6.09 Å². The van der Waals surface area contributed by atoms with Gasteiger partial charge in [-0.1, -0.05) is 12.1 Å². The summed E-state index contributed by atoms with van der Waals surface area (Å²) in [5.74, 6) is -1.28. The molecule has 2 rings (SSSR count). The van der Waals surface area contributed by atoms with E-state index in [0.717, 1.165) is 18.4 Å². The third-order valence-corrected chi connectivity index (χ3v) is 5.38. The maximum atomic E-state index is 13.0. The van der Waals surface area contributed by atoms with E-state index >= 15 is 0 Å². The van der Waals surface area contributed by atoms with E-state index < -0.39 is 17.7 Å². The predicted octanol–water partition coefficient (Wildman–Crippen LogP) is 3.18. The number of alkyl carbamates (subject to hydrolysis) is 1. The fraction of sp³-hybridized carbons (Fsp3) is 0.600. The summed E-state index contributed by atoms with van der Waals surface area (Å²) in [6, 6.07) is 4.91. The molecule has 8 nitrogen and oxygen atoms in total. The van der Waals surface area contributed by atoms with Gasteiger partial charge in [0.05, 0.1) is 12.5 Å². The molecule has 0 heterocycles. The smallest absolute Gasteiger partial charge is 0.407 e. The lowest BCUT2D eigenvalue weighted by Gasteiger charge is -2.20. The van der Waals surface area contributed by atoms with Crippen LogP contribution in [0.3, 0.4) is 0 Å². The van der Waals surface area contributed by atoms with Crippen molar-refractivity contribution in [3.63, 3.8) is 0 Å². The molecule has 3 amide bonds. The zero-order chi connectivity index (χ0) is 25.4. The average Bonchev–Trinajstić information content (AvgIpc) is 3.45. The van der Waals surface area contributed by atoms with Gasteiger partial charge in [-0.15, -0.1) is 0 Å². The molecule has 0 bridgehead atoms. The molecule has 1 saturated carbocycles. The molecule has 3 N–H and O–H groups in total. The number of ketones is 1. The van der Waals surface area contributed by atoms with Crippen LogP contribution in [0.15, 0.2) is 24.3 Å². The van der Waals surface area contributed by atoms with Crippen LogP contribution in [0, 0.1) is 5.82 Å². The van der Waals surface area contributed by atoms with Gasteiger partial charge in [0.25, 0.3) is 0 Å². The number of amides is 3. The molecule has 1 fully saturated rings. The van der Waals surface area contributed by atoms with Crippen LogP contribution in [-0.2, 0) is 25.5 Å². The van der Waals surface area contributed by atoms with Crippen molar-refractivity contribution in [1.82, 2.24) is 16.0 Å². The van der Waals surface area contributed by atoms with E-state index in [4.69, 9.17) is 4.74 Å². The summed E-state index contributed by atoms with van der Waals surface area (Å²) >= 11 is 0. The number of benzene rings is 1. The SMILES string of the molecule is CC1(NC(=O)C[C@H](NC(=O)CCc2ccc(F)cc2)C(=O)CCCNC(=O)OC(C)(C)C)CC1. The Morgan fingerprint density at radius 3 is 2.29 bits per heavy atom. The van der Waals surface area contributed by atoms with Gasteiger partial charge in [0.2, 0.25) is 11.8 Å². The lowest BCUT2D eigenvalue weighted by molar-refractivity contribution is -0.131. The summed E-state index contributed by atoms with van der Waals surface area (Å²) in [5.41, 5.74) is -0.0457. The van der Waals surface area contributed by atoms with E-state index in [1.54, 1.807) is 32.9 Å². The molecule has 1 atom stereocenters. The second kappa shape index (κ2) is 11.9. The Bertz CT molecular complexity index is 876. The number of Topliss-reactive ketones (excluding diaryl/α,β-unsaturated/α-hetero) is 1. The summed E-state index contributed by atoms with van der Waals surface area (Å²) in [6.07, 6.45) is 1.99. The zero-order valence-electron chi connectivity index (χ0n) is 20.5. The van der Waals surface area contributed by atoms with Crippen LogP contribution in [0.2, 0.25) is 0 Å². The molecule has 34 heavy (non-hydrogen) atoms. The standard InChI is InChI=1S/C25H36FN3O5/c1-24(2,3)34-23(33)27-15-5-6-20(30)19(16-22(32)29-25(4)13-14-25)28-21(31)12-9-17-7-10-18(26)11-8-17/h7-8,10-11,19H,5-6,9,12-16H2,1-4H3,(H,27,33)(H,28,31)(H,29,32)/t19-/m0/s1. The number of halogens is 1. The van der Waals surface area contributed by atoms with Gasteiger partial charge in [-0.25, -0.2) is 9.18 Å². The summed E-state index contributed by atoms with van der Waals surface area (Å²) < 4.78 is 18.2. The van der Waals surface area contributed by atoms with Crippen LogP contribution in [0.25, 0.3) is 0 Å². The Balaban J connectivity index is 1.86. The van der Waals surface area contributed by atoms with Gasteiger partial charge in [-0.05, 0) is 71.1 Å². The van der Waals surface area contributed by atoms with Crippen molar-refractivity contribution in [1.29, 1.82) is 0 Å². The number of aryl methyl sites for hydroxylation is 1. The van der Waals surface area contributed by atoms with Crippen LogP contribution < -0.4 is 16.0 Å². The molecule has 1 aliphatic carbocycles. The average molecular weight is 478 g/mol. The summed E-state index contributed by atoms with van der Waals surface area (Å²) in [5, 5.41) is 8.18. The lowest BCUT2D eigenvalue weighted by atomic mass is 10.0. The van der Waals surface area contributed by atoms with E-state index in [0.29, 0.717) is 12.8 Å². The van der Waals surface area contributed by atoms with Crippen molar-refractivity contribution in [2.24, 2.45) is 0 Å². The predicted molar refractivity (Wildman–Crippen MR) is 126 cm³/mol. The first kappa shape index (κ1) is 27.3. The largest absolute Gasteiger partial charge is 0.444 e. The molecule has 0 aromatic heterocycles. The number of ether oxygens (including phenoxy) is 1. The number of hydrogen-bond donors (Lipinski definition) is 3. The Morgan fingerprint density at radius 1 is 1.06 bits per heavy atom. The van der Waals surface area contributed by atoms with Crippen molar-refractivity contribution < 1.29 is 28.3 Å². The third-order valence-electron chi connectivity index (χ3n) is 5.38. The van der Waals surface area contributed by atoms with Gasteiger partial charge in [0.1, 0.15) is 11.4 Å². The maximum Gasteiger partial charge on any atom is 0.407 e. The van der Waals surface area contributed by atoms with Gasteiger partial charge in [0, 0.05) is 24.9 Å². The highest BCUT2D eigenvalue weighted by atomic mass is 19.1. The molecule has 0 saturated heterocycles. The third kappa shape index (κ3) is 10.8. The first-order valence-corrected chi connectivity index (χ1v) is 11.7. The highest BCUT2D eigenvalue weighted by Gasteiger charge is 2.39. The fourth-order valence-corrected chi connectivity index (χ4v) is 3.25. The van der Waals surface area contributed by atoms with E-state index in [-0.39, 0.29) is 54.8 Å². The van der Waals surface area contributed by atoms with Crippen LogP contribution >= 0.6 is 0 Å². The number of hydrogen-bond acceptors (Lipinski definition) is 5. The minimum Gasteiger partial charge on any atom is -0.444 e. The Labute approximate surface area is 200 Å². The minimum absolute atomic E-state index is 0.0866. The van der Waals surface area contributed by atoms with E-state index in [1.165, 1.54) is 12.1 Å². The topological polar surface area (TPSA) is 114 Å². The monoisotopic (exact) mass is 477 g/mol. The number of carbonyl (C=O) groups excluding carboxylic acids is 4. The van der Waals surface area contributed by atoms with Crippen molar-refractivity contribution in [2.45, 2.75) is 89.8 Å². The highest BCUT2D eigenvalue weighted by Crippen LogP contribution is 2.34. The summed E-state index contributed by atoms with van der Waals surface area (Å²) in [4.78, 5) is 49.4. The van der Waals surface area contributed by atoms with E-state index in [2.05, 4.69) is 16.0 Å². The molecule has 0 spiro atoms. The molecule has 9 heteroatoms. The second-order valence-electron chi connectivity index (χ2n) is 10.1. The highest BCUT2D eigenvalue weighted by molar-refractivity contribution is 5.93. The molecule has 1 aromatic carbocycles. The Hall–Kier alpha value is -2.97. The van der Waals surface area contributed by atoms with Crippen LogP contribution in [0.5, 0.6) is 0 Å². The molecular formula is C25H36FN3O5. The van der Waals surface area contributed by atoms with Crippen LogP contribution in [0.1, 0.15) is 71.8 Å². The van der Waals surface area contributed by atoms with E-state index in [9.17, 15) is 23.6 Å². The quantitative estimate of drug-likeness (QED) is 0.400. The van der Waals surface area contributed by atoms with E-state index in [1.807, 2.05) is 6.92 Å². The molecule has 1 aromatic rings. The van der Waals surface area contributed by atoms with Gasteiger partial charge < -0.3 is 20.7 Å². The van der Waals surface area contributed by atoms with Crippen molar-refractivity contribution in [3.05, 3.63) is 35.6 Å². The first-order chi connectivity index (χ1) is 15.8. The second-order valence-corrected chi connectivity index (χ2v) is 10.1. The number of rotatable bonds is 12. The Kier molecular flexibility index (Phi) is 9.58. The fourth-order valence-electron chi connectivity index (χ4n) is 3.25. The van der Waals surface area contributed by atoms with Gasteiger partial charge in [-0.3, -0.25) is 14.4 Å². The Morgan fingerprint density at radius 2 is 1.71 bits per heavy atom. The summed E-state index contributed by atoms with van der Waals surface area (Å²) in [6.45, 7) is 7.44. The van der Waals surface area contributed by atoms with Gasteiger partial charge in [0.15, 0.2) is 5.78 Å². The maximum absolute atomic E-state index is 13.0.